The van der Waals surface area contributed by atoms with Gasteiger partial charge in [0.25, 0.3) is 0 Å². The van der Waals surface area contributed by atoms with E-state index in [9.17, 15) is 9.18 Å². The van der Waals surface area contributed by atoms with Gasteiger partial charge in [-0.3, -0.25) is 4.79 Å². The van der Waals surface area contributed by atoms with E-state index < -0.39 is 0 Å². The summed E-state index contributed by atoms with van der Waals surface area (Å²) in [6, 6.07) is 17.1. The van der Waals surface area contributed by atoms with Gasteiger partial charge in [-0.1, -0.05) is 62.4 Å². The molecular weight excluding hydrogens is 377 g/mol. The Bertz CT molecular complexity index is 943. The summed E-state index contributed by atoms with van der Waals surface area (Å²) in [5.41, 5.74) is 1.78. The van der Waals surface area contributed by atoms with Gasteiger partial charge < -0.3 is 10.1 Å². The average Bonchev–Trinajstić information content (AvgIpc) is 3.23. The third-order valence-electron chi connectivity index (χ3n) is 8.25. The van der Waals surface area contributed by atoms with Crippen LogP contribution < -0.4 is 5.32 Å². The minimum Gasteiger partial charge on any atom is -0.373 e. The van der Waals surface area contributed by atoms with Crippen molar-refractivity contribution in [2.75, 3.05) is 6.61 Å². The molecule has 1 spiro atoms. The van der Waals surface area contributed by atoms with Crippen LogP contribution in [0.3, 0.4) is 0 Å². The Labute approximate surface area is 178 Å². The highest BCUT2D eigenvalue weighted by atomic mass is 19.1. The number of benzene rings is 2. The number of halogens is 1. The first-order chi connectivity index (χ1) is 14.4. The number of amides is 1. The number of nitrogens with one attached hydrogen (secondary N) is 1. The second-order valence-corrected chi connectivity index (χ2v) is 10.0. The van der Waals surface area contributed by atoms with Crippen molar-refractivity contribution in [3.8, 4) is 0 Å². The molecule has 5 atom stereocenters. The Morgan fingerprint density at radius 3 is 2.63 bits per heavy atom. The summed E-state index contributed by atoms with van der Waals surface area (Å²) >= 11 is 0. The van der Waals surface area contributed by atoms with Gasteiger partial charge in [-0.2, -0.15) is 0 Å². The summed E-state index contributed by atoms with van der Waals surface area (Å²) in [6.45, 7) is 5.31. The molecule has 0 radical (unpaired) electrons. The van der Waals surface area contributed by atoms with Gasteiger partial charge in [0.1, 0.15) is 5.82 Å². The number of hydrogen-bond acceptors (Lipinski definition) is 2. The van der Waals surface area contributed by atoms with Crippen molar-refractivity contribution in [3.05, 3.63) is 71.5 Å². The molecule has 2 aromatic carbocycles. The number of carbonyl (C=O) groups is 1. The van der Waals surface area contributed by atoms with Crippen LogP contribution >= 0.6 is 0 Å². The standard InChI is InChI=1S/C26H30FNO2/c1-25(2)19-15-20-23(17-8-4-3-5-9-17)30-13-12-26(20,16-19)24(25)28-22(29)14-18-10-6-7-11-21(18)27/h3-11,19-20,23-24H,12-16H2,1-2H3,(H,28,29)/t19-,20-,23-,24+,26?/m1/s1. The fourth-order valence-corrected chi connectivity index (χ4v) is 6.79. The summed E-state index contributed by atoms with van der Waals surface area (Å²) in [6.07, 6.45) is 3.44. The molecule has 30 heavy (non-hydrogen) atoms. The number of carbonyl (C=O) groups excluding carboxylic acids is 1. The smallest absolute Gasteiger partial charge is 0.224 e. The lowest BCUT2D eigenvalue weighted by molar-refractivity contribution is -0.136. The molecule has 1 N–H and O–H groups in total. The molecule has 3 aliphatic rings. The van der Waals surface area contributed by atoms with Gasteiger partial charge >= 0.3 is 0 Å². The van der Waals surface area contributed by atoms with E-state index in [-0.39, 0.29) is 41.1 Å². The molecule has 158 valence electrons. The predicted octanol–water partition coefficient (Wildman–Crippen LogP) is 5.07. The molecule has 2 aliphatic carbocycles. The van der Waals surface area contributed by atoms with Gasteiger partial charge in [0, 0.05) is 12.6 Å². The van der Waals surface area contributed by atoms with E-state index in [0.29, 0.717) is 17.4 Å². The minimum atomic E-state index is -0.314. The maximum absolute atomic E-state index is 14.1. The van der Waals surface area contributed by atoms with E-state index in [0.717, 1.165) is 25.9 Å². The monoisotopic (exact) mass is 407 g/mol. The molecule has 1 aliphatic heterocycles. The SMILES string of the molecule is CC1(C)[C@@H]2C[C@@H]3[C@@H](c4ccccc4)OCCC3(C2)[C@H]1NC(=O)Cc1ccccc1F. The van der Waals surface area contributed by atoms with Gasteiger partial charge in [0.2, 0.25) is 5.91 Å². The molecule has 1 saturated heterocycles. The molecule has 3 nitrogen and oxygen atoms in total. The number of ether oxygens (including phenoxy) is 1. The topological polar surface area (TPSA) is 38.3 Å². The van der Waals surface area contributed by atoms with Crippen LogP contribution in [-0.4, -0.2) is 18.6 Å². The molecule has 1 unspecified atom stereocenters. The van der Waals surface area contributed by atoms with Gasteiger partial charge in [0.15, 0.2) is 0 Å². The highest BCUT2D eigenvalue weighted by molar-refractivity contribution is 5.79. The largest absolute Gasteiger partial charge is 0.373 e. The van der Waals surface area contributed by atoms with Crippen LogP contribution in [-0.2, 0) is 16.0 Å². The summed E-state index contributed by atoms with van der Waals surface area (Å²) < 4.78 is 20.4. The van der Waals surface area contributed by atoms with Gasteiger partial charge in [-0.15, -0.1) is 0 Å². The Morgan fingerprint density at radius 1 is 1.13 bits per heavy atom. The van der Waals surface area contributed by atoms with Crippen molar-refractivity contribution >= 4 is 5.91 Å². The number of fused-ring (bicyclic) bond motifs is 1. The summed E-state index contributed by atoms with van der Waals surface area (Å²) in [5.74, 6) is 0.576. The van der Waals surface area contributed by atoms with Crippen molar-refractivity contribution in [1.29, 1.82) is 0 Å². The summed E-state index contributed by atoms with van der Waals surface area (Å²) in [4.78, 5) is 13.0. The van der Waals surface area contributed by atoms with Crippen molar-refractivity contribution < 1.29 is 13.9 Å². The van der Waals surface area contributed by atoms with E-state index in [1.165, 1.54) is 11.6 Å². The maximum atomic E-state index is 14.1. The molecule has 2 bridgehead atoms. The van der Waals surface area contributed by atoms with Crippen LogP contribution in [0.15, 0.2) is 54.6 Å². The number of rotatable bonds is 4. The third-order valence-corrected chi connectivity index (χ3v) is 8.25. The van der Waals surface area contributed by atoms with Gasteiger partial charge in [-0.05, 0) is 59.1 Å². The fourth-order valence-electron chi connectivity index (χ4n) is 6.79. The van der Waals surface area contributed by atoms with E-state index in [1.807, 2.05) is 6.07 Å². The highest BCUT2D eigenvalue weighted by Gasteiger charge is 2.68. The zero-order chi connectivity index (χ0) is 20.9. The molecule has 4 heteroatoms. The van der Waals surface area contributed by atoms with E-state index in [1.54, 1.807) is 18.2 Å². The second kappa shape index (κ2) is 7.19. The van der Waals surface area contributed by atoms with Crippen LogP contribution in [0.5, 0.6) is 0 Å². The van der Waals surface area contributed by atoms with Crippen LogP contribution in [0.25, 0.3) is 0 Å². The van der Waals surface area contributed by atoms with Gasteiger partial charge in [0.05, 0.1) is 12.5 Å². The first kappa shape index (κ1) is 19.7. The second-order valence-electron chi connectivity index (χ2n) is 10.0. The Balaban J connectivity index is 1.42. The van der Waals surface area contributed by atoms with Gasteiger partial charge in [-0.25, -0.2) is 4.39 Å². The van der Waals surface area contributed by atoms with Crippen LogP contribution in [0, 0.1) is 28.5 Å². The Hall–Kier alpha value is -2.20. The summed E-state index contributed by atoms with van der Waals surface area (Å²) in [5, 5.41) is 3.38. The molecule has 1 amide bonds. The van der Waals surface area contributed by atoms with Crippen LogP contribution in [0.4, 0.5) is 4.39 Å². The average molecular weight is 408 g/mol. The van der Waals surface area contributed by atoms with Crippen molar-refractivity contribution in [3.63, 3.8) is 0 Å². The summed E-state index contributed by atoms with van der Waals surface area (Å²) in [7, 11) is 0. The Morgan fingerprint density at radius 2 is 1.87 bits per heavy atom. The third kappa shape index (κ3) is 2.99. The van der Waals surface area contributed by atoms with Crippen molar-refractivity contribution in [2.45, 2.75) is 51.7 Å². The van der Waals surface area contributed by atoms with E-state index >= 15 is 0 Å². The molecule has 0 aromatic heterocycles. The zero-order valence-electron chi connectivity index (χ0n) is 17.7. The first-order valence-electron chi connectivity index (χ1n) is 11.1. The van der Waals surface area contributed by atoms with E-state index in [4.69, 9.17) is 4.74 Å². The quantitative estimate of drug-likeness (QED) is 0.769. The predicted molar refractivity (Wildman–Crippen MR) is 114 cm³/mol. The van der Waals surface area contributed by atoms with Crippen molar-refractivity contribution in [2.24, 2.45) is 22.7 Å². The first-order valence-corrected chi connectivity index (χ1v) is 11.1. The lowest BCUT2D eigenvalue weighted by atomic mass is 9.59. The lowest BCUT2D eigenvalue weighted by Crippen LogP contribution is -2.59. The molecule has 2 aromatic rings. The Kier molecular flexibility index (Phi) is 4.73. The van der Waals surface area contributed by atoms with Crippen LogP contribution in [0.1, 0.15) is 50.3 Å². The molecule has 2 saturated carbocycles. The number of hydrogen-bond donors (Lipinski definition) is 1. The van der Waals surface area contributed by atoms with E-state index in [2.05, 4.69) is 43.4 Å². The maximum Gasteiger partial charge on any atom is 0.224 e. The fraction of sp³-hybridized carbons (Fsp3) is 0.500. The molecule has 1 heterocycles. The minimum absolute atomic E-state index is 0.0277. The molecule has 3 fully saturated rings. The zero-order valence-corrected chi connectivity index (χ0v) is 17.7. The van der Waals surface area contributed by atoms with Crippen LogP contribution in [0.2, 0.25) is 0 Å². The lowest BCUT2D eigenvalue weighted by Gasteiger charge is -2.53. The normalized spacial score (nSPS) is 33.8. The van der Waals surface area contributed by atoms with Crippen molar-refractivity contribution in [1.82, 2.24) is 5.32 Å². The highest BCUT2D eigenvalue weighted by Crippen LogP contribution is 2.70. The molecule has 5 rings (SSSR count). The molecular formula is C26H30FNO2.